The summed E-state index contributed by atoms with van der Waals surface area (Å²) in [6, 6.07) is 5.28. The van der Waals surface area contributed by atoms with Crippen molar-refractivity contribution in [2.45, 2.75) is 23.3 Å². The molecule has 27 heavy (non-hydrogen) atoms. The number of rotatable bonds is 1. The molecule has 0 saturated carbocycles. The van der Waals surface area contributed by atoms with E-state index in [1.54, 1.807) is 23.9 Å². The normalized spacial score (nSPS) is 18.7. The van der Waals surface area contributed by atoms with Gasteiger partial charge in [-0.25, -0.2) is 9.36 Å². The fourth-order valence-corrected chi connectivity index (χ4v) is 4.53. The number of ether oxygens (including phenoxy) is 2. The SMILES string of the molecule is Cn1c(C(F)(F)F)cc(=O)n(-c2ccc3c(c2)C2(CCS3)OCCO2)c1=O. The molecule has 3 heterocycles. The topological polar surface area (TPSA) is 62.5 Å². The molecule has 0 amide bonds. The number of aromatic nitrogens is 2. The second-order valence-electron chi connectivity index (χ2n) is 6.27. The monoisotopic (exact) mass is 400 g/mol. The smallest absolute Gasteiger partial charge is 0.343 e. The summed E-state index contributed by atoms with van der Waals surface area (Å²) in [7, 11) is 0.986. The van der Waals surface area contributed by atoms with Crippen molar-refractivity contribution in [3.05, 3.63) is 56.4 Å². The first kappa shape index (κ1) is 18.3. The van der Waals surface area contributed by atoms with Crippen molar-refractivity contribution < 1.29 is 22.6 Å². The second kappa shape index (κ2) is 6.25. The van der Waals surface area contributed by atoms with E-state index in [2.05, 4.69) is 0 Å². The highest BCUT2D eigenvalue weighted by Crippen LogP contribution is 2.46. The number of hydrogen-bond donors (Lipinski definition) is 0. The molecule has 4 rings (SSSR count). The summed E-state index contributed by atoms with van der Waals surface area (Å²) in [5, 5.41) is 0. The van der Waals surface area contributed by atoms with Gasteiger partial charge in [-0.15, -0.1) is 11.8 Å². The molecule has 0 aliphatic carbocycles. The summed E-state index contributed by atoms with van der Waals surface area (Å²) >= 11 is 1.59. The molecule has 2 aromatic rings. The molecule has 0 unspecified atom stereocenters. The van der Waals surface area contributed by atoms with Gasteiger partial charge >= 0.3 is 11.9 Å². The summed E-state index contributed by atoms with van der Waals surface area (Å²) in [6.45, 7) is 0.854. The van der Waals surface area contributed by atoms with Crippen LogP contribution in [0.1, 0.15) is 17.7 Å². The number of halogens is 3. The van der Waals surface area contributed by atoms with Gasteiger partial charge in [-0.2, -0.15) is 13.2 Å². The molecular formula is C17H15F3N2O4S. The first-order valence-electron chi connectivity index (χ1n) is 8.19. The Morgan fingerprint density at radius 1 is 1.15 bits per heavy atom. The molecule has 0 N–H and O–H groups in total. The first-order valence-corrected chi connectivity index (χ1v) is 9.17. The van der Waals surface area contributed by atoms with Crippen molar-refractivity contribution in [2.75, 3.05) is 19.0 Å². The molecule has 0 bridgehead atoms. The molecule has 6 nitrogen and oxygen atoms in total. The predicted molar refractivity (Wildman–Crippen MR) is 91.2 cm³/mol. The fraction of sp³-hybridized carbons (Fsp3) is 0.412. The molecule has 1 saturated heterocycles. The summed E-state index contributed by atoms with van der Waals surface area (Å²) < 4.78 is 51.8. The van der Waals surface area contributed by atoms with E-state index in [1.807, 2.05) is 0 Å². The third kappa shape index (κ3) is 2.91. The van der Waals surface area contributed by atoms with E-state index < -0.39 is 28.9 Å². The fourth-order valence-electron chi connectivity index (χ4n) is 3.40. The molecule has 1 aromatic heterocycles. The average Bonchev–Trinajstić information content (AvgIpc) is 3.07. The van der Waals surface area contributed by atoms with Gasteiger partial charge in [-0.1, -0.05) is 0 Å². The number of fused-ring (bicyclic) bond motifs is 2. The third-order valence-corrected chi connectivity index (χ3v) is 5.76. The van der Waals surface area contributed by atoms with Crippen LogP contribution in [-0.4, -0.2) is 28.1 Å². The van der Waals surface area contributed by atoms with Crippen LogP contribution in [0, 0.1) is 0 Å². The van der Waals surface area contributed by atoms with Crippen molar-refractivity contribution in [1.29, 1.82) is 0 Å². The van der Waals surface area contributed by atoms with Crippen molar-refractivity contribution in [2.24, 2.45) is 7.05 Å². The van der Waals surface area contributed by atoms with Crippen LogP contribution in [0.2, 0.25) is 0 Å². The number of alkyl halides is 3. The Kier molecular flexibility index (Phi) is 4.24. The van der Waals surface area contributed by atoms with Gasteiger partial charge in [0.05, 0.1) is 18.9 Å². The Hall–Kier alpha value is -2.04. The molecule has 1 spiro atoms. The molecule has 0 radical (unpaired) electrons. The minimum atomic E-state index is -4.80. The Balaban J connectivity index is 1.90. The van der Waals surface area contributed by atoms with Crippen LogP contribution < -0.4 is 11.2 Å². The minimum absolute atomic E-state index is 0.175. The van der Waals surface area contributed by atoms with Crippen LogP contribution in [-0.2, 0) is 28.5 Å². The first-order chi connectivity index (χ1) is 12.7. The lowest BCUT2D eigenvalue weighted by Gasteiger charge is -2.33. The highest BCUT2D eigenvalue weighted by atomic mass is 32.2. The van der Waals surface area contributed by atoms with Gasteiger partial charge in [0.15, 0.2) is 5.79 Å². The van der Waals surface area contributed by atoms with Crippen LogP contribution in [0.15, 0.2) is 38.8 Å². The standard InChI is InChI=1S/C17H15F3N2O4S/c1-21-13(17(18,19)20)9-14(23)22(15(21)24)10-2-3-12-11(8-10)16(4-7-27-12)25-5-6-26-16/h2-3,8-9H,4-7H2,1H3. The lowest BCUT2D eigenvalue weighted by atomic mass is 10.0. The van der Waals surface area contributed by atoms with Gasteiger partial charge in [0.25, 0.3) is 5.56 Å². The zero-order valence-electron chi connectivity index (χ0n) is 14.2. The molecular weight excluding hydrogens is 385 g/mol. The Labute approximate surface area is 155 Å². The summed E-state index contributed by atoms with van der Waals surface area (Å²) in [5.41, 5.74) is -2.55. The van der Waals surface area contributed by atoms with Gasteiger partial charge in [-0.05, 0) is 18.2 Å². The average molecular weight is 400 g/mol. The van der Waals surface area contributed by atoms with E-state index >= 15 is 0 Å². The lowest BCUT2D eigenvalue weighted by Crippen LogP contribution is -2.41. The highest BCUT2D eigenvalue weighted by Gasteiger charge is 2.43. The number of nitrogens with zero attached hydrogens (tertiary/aromatic N) is 2. The Morgan fingerprint density at radius 3 is 2.52 bits per heavy atom. The minimum Gasteiger partial charge on any atom is -0.343 e. The quantitative estimate of drug-likeness (QED) is 0.735. The van der Waals surface area contributed by atoms with E-state index in [-0.39, 0.29) is 5.69 Å². The van der Waals surface area contributed by atoms with Gasteiger partial charge in [0, 0.05) is 35.7 Å². The van der Waals surface area contributed by atoms with Crippen LogP contribution >= 0.6 is 11.8 Å². The van der Waals surface area contributed by atoms with Crippen LogP contribution in [0.4, 0.5) is 13.2 Å². The van der Waals surface area contributed by atoms with Gasteiger partial charge in [0.1, 0.15) is 5.69 Å². The van der Waals surface area contributed by atoms with Crippen molar-refractivity contribution in [3.63, 3.8) is 0 Å². The maximum Gasteiger partial charge on any atom is 0.431 e. The van der Waals surface area contributed by atoms with E-state index in [0.29, 0.717) is 35.8 Å². The largest absolute Gasteiger partial charge is 0.431 e. The van der Waals surface area contributed by atoms with Gasteiger partial charge in [-0.3, -0.25) is 9.36 Å². The molecule has 1 aromatic carbocycles. The van der Waals surface area contributed by atoms with Crippen molar-refractivity contribution in [1.82, 2.24) is 9.13 Å². The van der Waals surface area contributed by atoms with Crippen LogP contribution in [0.3, 0.4) is 0 Å². The lowest BCUT2D eigenvalue weighted by molar-refractivity contribution is -0.169. The van der Waals surface area contributed by atoms with Crippen molar-refractivity contribution in [3.8, 4) is 5.69 Å². The van der Waals surface area contributed by atoms with E-state index in [1.165, 1.54) is 6.07 Å². The zero-order chi connectivity index (χ0) is 19.4. The molecule has 144 valence electrons. The molecule has 1 fully saturated rings. The Bertz CT molecular complexity index is 1020. The maximum atomic E-state index is 13.0. The molecule has 0 atom stereocenters. The summed E-state index contributed by atoms with van der Waals surface area (Å²) in [6.07, 6.45) is -4.19. The molecule has 10 heteroatoms. The number of benzene rings is 1. The third-order valence-electron chi connectivity index (χ3n) is 4.68. The van der Waals surface area contributed by atoms with Gasteiger partial charge in [0.2, 0.25) is 0 Å². The van der Waals surface area contributed by atoms with Crippen molar-refractivity contribution >= 4 is 11.8 Å². The number of thioether (sulfide) groups is 1. The molecule has 2 aliphatic heterocycles. The summed E-state index contributed by atoms with van der Waals surface area (Å²) in [4.78, 5) is 25.7. The van der Waals surface area contributed by atoms with E-state index in [9.17, 15) is 22.8 Å². The molecule has 2 aliphatic rings. The summed E-state index contributed by atoms with van der Waals surface area (Å²) in [5.74, 6) is -0.147. The van der Waals surface area contributed by atoms with E-state index in [4.69, 9.17) is 9.47 Å². The second-order valence-corrected chi connectivity index (χ2v) is 7.41. The maximum absolute atomic E-state index is 13.0. The van der Waals surface area contributed by atoms with E-state index in [0.717, 1.165) is 22.3 Å². The zero-order valence-corrected chi connectivity index (χ0v) is 15.0. The number of hydrogen-bond acceptors (Lipinski definition) is 5. The highest BCUT2D eigenvalue weighted by molar-refractivity contribution is 7.99. The predicted octanol–water partition coefficient (Wildman–Crippen LogP) is 2.25. The van der Waals surface area contributed by atoms with Crippen LogP contribution in [0.25, 0.3) is 5.69 Å². The Morgan fingerprint density at radius 2 is 1.85 bits per heavy atom. The van der Waals surface area contributed by atoms with Crippen LogP contribution in [0.5, 0.6) is 0 Å². The van der Waals surface area contributed by atoms with Gasteiger partial charge < -0.3 is 9.47 Å².